The monoisotopic (exact) mass is 309 g/mol. The van der Waals surface area contributed by atoms with Crippen LogP contribution in [0.3, 0.4) is 0 Å². The van der Waals surface area contributed by atoms with Gasteiger partial charge in [0.25, 0.3) is 0 Å². The standard InChI is InChI=1S/C20H23NO2/c1-21-14-12-20(13-15-21,18-10-6-3-7-11-18)19(22)23-16-17-8-4-2-5-9-17/h2-11H,12-16H2,1H3. The number of esters is 1. The maximum Gasteiger partial charge on any atom is 0.316 e. The Morgan fingerprint density at radius 1 is 1.00 bits per heavy atom. The number of likely N-dealkylation sites (tertiary alicyclic amines) is 1. The van der Waals surface area contributed by atoms with Crippen molar-refractivity contribution in [2.45, 2.75) is 24.9 Å². The van der Waals surface area contributed by atoms with Crippen molar-refractivity contribution in [2.24, 2.45) is 0 Å². The normalized spacial score (nSPS) is 17.6. The van der Waals surface area contributed by atoms with E-state index in [1.807, 2.05) is 48.5 Å². The molecule has 0 saturated carbocycles. The SMILES string of the molecule is CN1CCC(C(=O)OCc2ccccc2)(c2ccccc2)CC1. The van der Waals surface area contributed by atoms with Gasteiger partial charge >= 0.3 is 5.97 Å². The molecule has 2 aromatic rings. The van der Waals surface area contributed by atoms with Crippen LogP contribution in [0.4, 0.5) is 0 Å². The minimum Gasteiger partial charge on any atom is -0.460 e. The quantitative estimate of drug-likeness (QED) is 0.811. The minimum atomic E-state index is -0.511. The van der Waals surface area contributed by atoms with Gasteiger partial charge in [0.05, 0.1) is 5.41 Å². The third kappa shape index (κ3) is 3.45. The maximum atomic E-state index is 13.0. The molecule has 23 heavy (non-hydrogen) atoms. The molecule has 0 aliphatic carbocycles. The van der Waals surface area contributed by atoms with E-state index in [2.05, 4.69) is 24.1 Å². The van der Waals surface area contributed by atoms with Gasteiger partial charge in [-0.15, -0.1) is 0 Å². The summed E-state index contributed by atoms with van der Waals surface area (Å²) < 4.78 is 5.70. The summed E-state index contributed by atoms with van der Waals surface area (Å²) in [5.41, 5.74) is 1.59. The number of piperidine rings is 1. The van der Waals surface area contributed by atoms with Crippen molar-refractivity contribution in [3.63, 3.8) is 0 Å². The summed E-state index contributed by atoms with van der Waals surface area (Å²) in [6.45, 7) is 2.16. The molecule has 1 saturated heterocycles. The Morgan fingerprint density at radius 3 is 2.17 bits per heavy atom. The van der Waals surface area contributed by atoms with Crippen molar-refractivity contribution in [3.8, 4) is 0 Å². The van der Waals surface area contributed by atoms with Crippen LogP contribution in [-0.2, 0) is 21.6 Å². The molecule has 0 aromatic heterocycles. The topological polar surface area (TPSA) is 29.5 Å². The van der Waals surface area contributed by atoms with Crippen molar-refractivity contribution >= 4 is 5.97 Å². The van der Waals surface area contributed by atoms with Gasteiger partial charge in [-0.1, -0.05) is 60.7 Å². The van der Waals surface area contributed by atoms with E-state index < -0.39 is 5.41 Å². The fourth-order valence-corrected chi connectivity index (χ4v) is 3.23. The summed E-state index contributed by atoms with van der Waals surface area (Å²) in [6, 6.07) is 19.9. The zero-order chi connectivity index (χ0) is 16.1. The highest BCUT2D eigenvalue weighted by atomic mass is 16.5. The van der Waals surface area contributed by atoms with Crippen LogP contribution < -0.4 is 0 Å². The average Bonchev–Trinajstić information content (AvgIpc) is 2.62. The lowest BCUT2D eigenvalue weighted by Gasteiger charge is -2.39. The van der Waals surface area contributed by atoms with Crippen molar-refractivity contribution in [2.75, 3.05) is 20.1 Å². The van der Waals surface area contributed by atoms with Crippen LogP contribution in [0.5, 0.6) is 0 Å². The van der Waals surface area contributed by atoms with Gasteiger partial charge in [-0.2, -0.15) is 0 Å². The second kappa shape index (κ2) is 6.97. The van der Waals surface area contributed by atoms with E-state index in [0.717, 1.165) is 37.1 Å². The molecule has 120 valence electrons. The Hall–Kier alpha value is -2.13. The van der Waals surface area contributed by atoms with E-state index in [0.29, 0.717) is 6.61 Å². The van der Waals surface area contributed by atoms with Crippen LogP contribution >= 0.6 is 0 Å². The van der Waals surface area contributed by atoms with Crippen molar-refractivity contribution < 1.29 is 9.53 Å². The summed E-state index contributed by atoms with van der Waals surface area (Å²) in [5, 5.41) is 0. The van der Waals surface area contributed by atoms with Crippen LogP contribution in [0.25, 0.3) is 0 Å². The Bertz CT molecular complexity index is 631. The van der Waals surface area contributed by atoms with Gasteiger partial charge in [-0.05, 0) is 44.1 Å². The second-order valence-electron chi connectivity index (χ2n) is 6.31. The van der Waals surface area contributed by atoms with E-state index in [4.69, 9.17) is 4.74 Å². The van der Waals surface area contributed by atoms with Gasteiger partial charge in [0.1, 0.15) is 6.61 Å². The van der Waals surface area contributed by atoms with Crippen molar-refractivity contribution in [1.82, 2.24) is 4.90 Å². The number of ether oxygens (including phenoxy) is 1. The van der Waals surface area contributed by atoms with Gasteiger partial charge in [0, 0.05) is 0 Å². The zero-order valence-corrected chi connectivity index (χ0v) is 13.6. The van der Waals surface area contributed by atoms with Crippen LogP contribution in [0.2, 0.25) is 0 Å². The fraction of sp³-hybridized carbons (Fsp3) is 0.350. The van der Waals surface area contributed by atoms with Crippen LogP contribution in [0.15, 0.2) is 60.7 Å². The van der Waals surface area contributed by atoms with Gasteiger partial charge in [-0.25, -0.2) is 0 Å². The largest absolute Gasteiger partial charge is 0.460 e. The molecule has 0 bridgehead atoms. The molecular weight excluding hydrogens is 286 g/mol. The average molecular weight is 309 g/mol. The Kier molecular flexibility index (Phi) is 4.77. The minimum absolute atomic E-state index is 0.0966. The Labute approximate surface area is 137 Å². The predicted octanol–water partition coefficient (Wildman–Crippen LogP) is 3.39. The van der Waals surface area contributed by atoms with Gasteiger partial charge in [-0.3, -0.25) is 4.79 Å². The van der Waals surface area contributed by atoms with Crippen molar-refractivity contribution in [3.05, 3.63) is 71.8 Å². The molecule has 3 nitrogen and oxygen atoms in total. The summed E-state index contributed by atoms with van der Waals surface area (Å²) in [6.07, 6.45) is 1.61. The zero-order valence-electron chi connectivity index (χ0n) is 13.6. The van der Waals surface area contributed by atoms with E-state index in [9.17, 15) is 4.79 Å². The molecule has 0 atom stereocenters. The van der Waals surface area contributed by atoms with Crippen LogP contribution in [-0.4, -0.2) is 31.0 Å². The fourth-order valence-electron chi connectivity index (χ4n) is 3.23. The predicted molar refractivity (Wildman–Crippen MR) is 91.1 cm³/mol. The molecule has 2 aromatic carbocycles. The molecule has 0 spiro atoms. The first-order chi connectivity index (χ1) is 11.2. The maximum absolute atomic E-state index is 13.0. The molecule has 1 aliphatic rings. The smallest absolute Gasteiger partial charge is 0.316 e. The first-order valence-electron chi connectivity index (χ1n) is 8.16. The molecular formula is C20H23NO2. The number of carbonyl (C=O) groups excluding carboxylic acids is 1. The third-order valence-electron chi connectivity index (χ3n) is 4.77. The van der Waals surface area contributed by atoms with E-state index >= 15 is 0 Å². The molecule has 0 N–H and O–H groups in total. The number of benzene rings is 2. The highest BCUT2D eigenvalue weighted by Crippen LogP contribution is 2.36. The molecule has 1 heterocycles. The summed E-state index contributed by atoms with van der Waals surface area (Å²) in [7, 11) is 2.10. The first-order valence-corrected chi connectivity index (χ1v) is 8.16. The number of rotatable bonds is 4. The van der Waals surface area contributed by atoms with Gasteiger partial charge in [0.15, 0.2) is 0 Å². The highest BCUT2D eigenvalue weighted by Gasteiger charge is 2.43. The first kappa shape index (κ1) is 15.8. The second-order valence-corrected chi connectivity index (χ2v) is 6.31. The summed E-state index contributed by atoms with van der Waals surface area (Å²) >= 11 is 0. The highest BCUT2D eigenvalue weighted by molar-refractivity contribution is 5.83. The molecule has 3 rings (SSSR count). The lowest BCUT2D eigenvalue weighted by Crippen LogP contribution is -2.46. The van der Waals surface area contributed by atoms with E-state index in [-0.39, 0.29) is 5.97 Å². The number of carbonyl (C=O) groups is 1. The molecule has 1 fully saturated rings. The lowest BCUT2D eigenvalue weighted by atomic mass is 9.73. The summed E-state index contributed by atoms with van der Waals surface area (Å²) in [5.74, 6) is -0.0966. The number of hydrogen-bond donors (Lipinski definition) is 0. The Balaban J connectivity index is 1.79. The van der Waals surface area contributed by atoms with E-state index in [1.165, 1.54) is 0 Å². The van der Waals surface area contributed by atoms with Gasteiger partial charge in [0.2, 0.25) is 0 Å². The van der Waals surface area contributed by atoms with E-state index in [1.54, 1.807) is 0 Å². The van der Waals surface area contributed by atoms with Crippen molar-refractivity contribution in [1.29, 1.82) is 0 Å². The summed E-state index contributed by atoms with van der Waals surface area (Å²) in [4.78, 5) is 15.2. The molecule has 0 radical (unpaired) electrons. The Morgan fingerprint density at radius 2 is 1.57 bits per heavy atom. The van der Waals surface area contributed by atoms with Crippen LogP contribution in [0.1, 0.15) is 24.0 Å². The number of nitrogens with zero attached hydrogens (tertiary/aromatic N) is 1. The number of hydrogen-bond acceptors (Lipinski definition) is 3. The van der Waals surface area contributed by atoms with Crippen LogP contribution in [0, 0.1) is 0 Å². The lowest BCUT2D eigenvalue weighted by molar-refractivity contribution is -0.154. The molecule has 0 unspecified atom stereocenters. The van der Waals surface area contributed by atoms with Gasteiger partial charge < -0.3 is 9.64 Å². The molecule has 0 amide bonds. The molecule has 3 heteroatoms. The third-order valence-corrected chi connectivity index (χ3v) is 4.77. The molecule has 1 aliphatic heterocycles.